The normalized spacial score (nSPS) is 12.8. The van der Waals surface area contributed by atoms with Crippen LogP contribution in [0.2, 0.25) is 0 Å². The van der Waals surface area contributed by atoms with Crippen LogP contribution in [0, 0.1) is 0 Å². The topological polar surface area (TPSA) is 29.3 Å². The van der Waals surface area contributed by atoms with E-state index in [2.05, 4.69) is 55.9 Å². The smallest absolute Gasteiger partial charge is 0.194 e. The maximum absolute atomic E-state index is 4.72. The lowest BCUT2D eigenvalue weighted by atomic mass is 10.1. The number of thiazole rings is 1. The molecule has 100 valence electrons. The van der Waals surface area contributed by atoms with E-state index >= 15 is 0 Å². The van der Waals surface area contributed by atoms with E-state index in [1.807, 2.05) is 11.8 Å². The molecule has 1 N–H and O–H groups in total. The van der Waals surface area contributed by atoms with Gasteiger partial charge in [-0.1, -0.05) is 13.8 Å². The van der Waals surface area contributed by atoms with E-state index in [0.717, 1.165) is 16.5 Å². The van der Waals surface area contributed by atoms with Gasteiger partial charge in [0.05, 0.1) is 5.69 Å². The molecule has 2 aromatic heterocycles. The minimum atomic E-state index is 0.125. The van der Waals surface area contributed by atoms with Crippen LogP contribution in [0.3, 0.4) is 0 Å². The highest BCUT2D eigenvalue weighted by molar-refractivity contribution is 7.99. The number of nitrogens with zero attached hydrogens (tertiary/aromatic N) is 2. The molecule has 0 saturated carbocycles. The summed E-state index contributed by atoms with van der Waals surface area (Å²) in [6.45, 7) is 11.8. The van der Waals surface area contributed by atoms with Crippen molar-refractivity contribution in [2.24, 2.45) is 0 Å². The second-order valence-corrected chi connectivity index (χ2v) is 8.13. The molecule has 0 atom stereocenters. The molecule has 2 heterocycles. The van der Waals surface area contributed by atoms with E-state index in [4.69, 9.17) is 4.98 Å². The van der Waals surface area contributed by atoms with Gasteiger partial charge in [-0.15, -0.1) is 23.1 Å². The number of fused-ring (bicyclic) bond motifs is 1. The second kappa shape index (κ2) is 5.23. The summed E-state index contributed by atoms with van der Waals surface area (Å²) in [7, 11) is 0. The summed E-state index contributed by atoms with van der Waals surface area (Å²) in [5.41, 5.74) is 1.40. The highest BCUT2D eigenvalue weighted by Crippen LogP contribution is 2.29. The molecule has 0 saturated heterocycles. The van der Waals surface area contributed by atoms with Gasteiger partial charge in [0.2, 0.25) is 0 Å². The molecule has 0 aromatic carbocycles. The van der Waals surface area contributed by atoms with Crippen molar-refractivity contribution in [1.29, 1.82) is 0 Å². The lowest BCUT2D eigenvalue weighted by Crippen LogP contribution is -2.35. The number of nitrogens with one attached hydrogen (secondary N) is 1. The van der Waals surface area contributed by atoms with Gasteiger partial charge >= 0.3 is 0 Å². The molecule has 0 unspecified atom stereocenters. The molecular formula is C13H21N3S2. The van der Waals surface area contributed by atoms with Crippen LogP contribution in [-0.4, -0.2) is 20.2 Å². The number of thioether (sulfide) groups is 1. The fourth-order valence-electron chi connectivity index (χ4n) is 1.64. The van der Waals surface area contributed by atoms with Gasteiger partial charge in [0.1, 0.15) is 5.03 Å². The molecular weight excluding hydrogens is 262 g/mol. The summed E-state index contributed by atoms with van der Waals surface area (Å²) >= 11 is 3.53. The summed E-state index contributed by atoms with van der Waals surface area (Å²) in [5.74, 6) is 0. The van der Waals surface area contributed by atoms with Crippen LogP contribution in [0.5, 0.6) is 0 Å². The van der Waals surface area contributed by atoms with Crippen molar-refractivity contribution < 1.29 is 0 Å². The van der Waals surface area contributed by atoms with Gasteiger partial charge in [-0.25, -0.2) is 4.98 Å². The first kappa shape index (κ1) is 13.9. The van der Waals surface area contributed by atoms with Crippen molar-refractivity contribution in [2.75, 3.05) is 0 Å². The quantitative estimate of drug-likeness (QED) is 0.866. The van der Waals surface area contributed by atoms with Gasteiger partial charge < -0.3 is 5.32 Å². The van der Waals surface area contributed by atoms with Crippen LogP contribution >= 0.6 is 23.1 Å². The Bertz CT molecular complexity index is 520. The number of hydrogen-bond acceptors (Lipinski definition) is 4. The summed E-state index contributed by atoms with van der Waals surface area (Å²) in [6, 6.07) is 0. The van der Waals surface area contributed by atoms with Gasteiger partial charge in [0.15, 0.2) is 4.96 Å². The molecule has 2 aromatic rings. The fourth-order valence-corrected chi connectivity index (χ4v) is 3.32. The Morgan fingerprint density at radius 2 is 2.17 bits per heavy atom. The monoisotopic (exact) mass is 283 g/mol. The standard InChI is InChI=1S/C13H21N3S2/c1-9(2)18-11-10(8-14-13(3,4)5)16-6-7-17-12(16)15-11/h6-7,9,14H,8H2,1-5H3. The van der Waals surface area contributed by atoms with Gasteiger partial charge in [-0.05, 0) is 20.8 Å². The molecule has 0 aliphatic heterocycles. The first-order chi connectivity index (χ1) is 8.37. The second-order valence-electron chi connectivity index (χ2n) is 5.69. The first-order valence-corrected chi connectivity index (χ1v) is 7.99. The van der Waals surface area contributed by atoms with Crippen LogP contribution in [0.25, 0.3) is 4.96 Å². The lowest BCUT2D eigenvalue weighted by Gasteiger charge is -2.20. The molecule has 0 fully saturated rings. The van der Waals surface area contributed by atoms with E-state index in [1.165, 1.54) is 5.69 Å². The summed E-state index contributed by atoms with van der Waals surface area (Å²) in [5, 5.41) is 7.36. The fraction of sp³-hybridized carbons (Fsp3) is 0.615. The zero-order chi connectivity index (χ0) is 13.3. The van der Waals surface area contributed by atoms with E-state index in [1.54, 1.807) is 11.3 Å². The van der Waals surface area contributed by atoms with Crippen LogP contribution in [0.15, 0.2) is 16.6 Å². The molecule has 18 heavy (non-hydrogen) atoms. The molecule has 5 heteroatoms. The van der Waals surface area contributed by atoms with Crippen molar-refractivity contribution in [2.45, 2.75) is 57.0 Å². The van der Waals surface area contributed by atoms with Crippen molar-refractivity contribution in [3.05, 3.63) is 17.3 Å². The third-order valence-electron chi connectivity index (χ3n) is 2.46. The van der Waals surface area contributed by atoms with Crippen molar-refractivity contribution in [3.63, 3.8) is 0 Å². The average molecular weight is 283 g/mol. The van der Waals surface area contributed by atoms with E-state index < -0.39 is 0 Å². The maximum atomic E-state index is 4.72. The Kier molecular flexibility index (Phi) is 4.04. The summed E-state index contributed by atoms with van der Waals surface area (Å²) in [4.78, 5) is 5.80. The Labute approximate surface area is 117 Å². The number of aromatic nitrogens is 2. The number of hydrogen-bond donors (Lipinski definition) is 1. The lowest BCUT2D eigenvalue weighted by molar-refractivity contribution is 0.418. The maximum Gasteiger partial charge on any atom is 0.194 e. The Balaban J connectivity index is 2.29. The van der Waals surface area contributed by atoms with Gasteiger partial charge in [-0.3, -0.25) is 4.40 Å². The molecule has 3 nitrogen and oxygen atoms in total. The Morgan fingerprint density at radius 1 is 1.44 bits per heavy atom. The van der Waals surface area contributed by atoms with E-state index in [0.29, 0.717) is 5.25 Å². The van der Waals surface area contributed by atoms with Crippen LogP contribution in [-0.2, 0) is 6.54 Å². The molecule has 0 amide bonds. The van der Waals surface area contributed by atoms with Crippen molar-refractivity contribution in [3.8, 4) is 0 Å². The minimum absolute atomic E-state index is 0.125. The summed E-state index contributed by atoms with van der Waals surface area (Å²) < 4.78 is 2.20. The number of imidazole rings is 1. The molecule has 2 rings (SSSR count). The predicted octanol–water partition coefficient (Wildman–Crippen LogP) is 3.78. The van der Waals surface area contributed by atoms with Crippen molar-refractivity contribution in [1.82, 2.24) is 14.7 Å². The molecule has 0 aliphatic carbocycles. The third kappa shape index (κ3) is 3.28. The summed E-state index contributed by atoms with van der Waals surface area (Å²) in [6.07, 6.45) is 2.11. The zero-order valence-electron chi connectivity index (χ0n) is 11.7. The molecule has 0 bridgehead atoms. The SMILES string of the molecule is CC(C)Sc1nc2sccn2c1CNC(C)(C)C. The van der Waals surface area contributed by atoms with Gasteiger partial charge in [0.25, 0.3) is 0 Å². The van der Waals surface area contributed by atoms with Crippen LogP contribution < -0.4 is 5.32 Å². The molecule has 0 aliphatic rings. The Morgan fingerprint density at radius 3 is 2.78 bits per heavy atom. The predicted molar refractivity (Wildman–Crippen MR) is 80.7 cm³/mol. The van der Waals surface area contributed by atoms with Crippen LogP contribution in [0.1, 0.15) is 40.3 Å². The highest BCUT2D eigenvalue weighted by atomic mass is 32.2. The number of rotatable bonds is 4. The minimum Gasteiger partial charge on any atom is -0.306 e. The van der Waals surface area contributed by atoms with E-state index in [9.17, 15) is 0 Å². The highest BCUT2D eigenvalue weighted by Gasteiger charge is 2.17. The zero-order valence-corrected chi connectivity index (χ0v) is 13.3. The van der Waals surface area contributed by atoms with E-state index in [-0.39, 0.29) is 5.54 Å². The van der Waals surface area contributed by atoms with Gasteiger partial charge in [0, 0.05) is 28.9 Å². The molecule has 0 spiro atoms. The molecule has 0 radical (unpaired) electrons. The van der Waals surface area contributed by atoms with Gasteiger partial charge in [-0.2, -0.15) is 0 Å². The van der Waals surface area contributed by atoms with Crippen molar-refractivity contribution >= 4 is 28.1 Å². The largest absolute Gasteiger partial charge is 0.306 e. The Hall–Kier alpha value is -0.520. The van der Waals surface area contributed by atoms with Crippen LogP contribution in [0.4, 0.5) is 0 Å². The average Bonchev–Trinajstić information content (AvgIpc) is 2.73. The third-order valence-corrected chi connectivity index (χ3v) is 4.24. The first-order valence-electron chi connectivity index (χ1n) is 6.23.